The summed E-state index contributed by atoms with van der Waals surface area (Å²) in [4.78, 5) is 0. The van der Waals surface area contributed by atoms with Crippen molar-refractivity contribution < 1.29 is 4.74 Å². The molecule has 1 heterocycles. The highest BCUT2D eigenvalue weighted by Crippen LogP contribution is 2.01. The van der Waals surface area contributed by atoms with Crippen LogP contribution in [0.4, 0.5) is 0 Å². The quantitative estimate of drug-likeness (QED) is 0.549. The normalized spacial score (nSPS) is 22.1. The van der Waals surface area contributed by atoms with Crippen molar-refractivity contribution in [2.24, 2.45) is 0 Å². The first-order valence-corrected chi connectivity index (χ1v) is 3.43. The van der Waals surface area contributed by atoms with Crippen LogP contribution < -0.4 is 5.32 Å². The third-order valence-corrected chi connectivity index (χ3v) is 1.40. The predicted molar refractivity (Wildman–Crippen MR) is 40.3 cm³/mol. The maximum atomic E-state index is 7.37. The first kappa shape index (κ1) is 7.28. The number of ether oxygens (including phenoxy) is 1. The van der Waals surface area contributed by atoms with Crippen molar-refractivity contribution in [1.29, 1.82) is 5.41 Å². The van der Waals surface area contributed by atoms with Gasteiger partial charge in [0.25, 0.3) is 0 Å². The Bertz CT molecular complexity index is 163. The summed E-state index contributed by atoms with van der Waals surface area (Å²) < 4.78 is 5.04. The number of rotatable bonds is 2. The molecule has 0 aliphatic carbocycles. The molecule has 0 aromatic heterocycles. The van der Waals surface area contributed by atoms with Gasteiger partial charge in [0.05, 0.1) is 18.6 Å². The highest BCUT2D eigenvalue weighted by Gasteiger charge is 2.11. The first-order valence-electron chi connectivity index (χ1n) is 3.43. The molecule has 1 aliphatic rings. The van der Waals surface area contributed by atoms with Gasteiger partial charge in [0, 0.05) is 18.7 Å². The lowest BCUT2D eigenvalue weighted by molar-refractivity contribution is 0.267. The molecule has 0 saturated carbocycles. The van der Waals surface area contributed by atoms with Crippen molar-refractivity contribution >= 4 is 5.71 Å². The van der Waals surface area contributed by atoms with E-state index in [1.165, 1.54) is 0 Å². The van der Waals surface area contributed by atoms with E-state index < -0.39 is 0 Å². The Kier molecular flexibility index (Phi) is 2.45. The van der Waals surface area contributed by atoms with Gasteiger partial charge in [-0.05, 0) is 6.92 Å². The average Bonchev–Trinajstić information content (AvgIpc) is 2.31. The highest BCUT2D eigenvalue weighted by molar-refractivity contribution is 6.01. The Labute approximate surface area is 60.6 Å². The summed E-state index contributed by atoms with van der Waals surface area (Å²) in [5, 5.41) is 10.4. The Hall–Kier alpha value is -0.830. The second kappa shape index (κ2) is 3.37. The van der Waals surface area contributed by atoms with Gasteiger partial charge in [-0.2, -0.15) is 0 Å². The number of hydrogen-bond acceptors (Lipinski definition) is 3. The second-order valence-corrected chi connectivity index (χ2v) is 2.18. The number of nitrogens with one attached hydrogen (secondary N) is 2. The van der Waals surface area contributed by atoms with Crippen LogP contribution in [0.5, 0.6) is 0 Å². The van der Waals surface area contributed by atoms with E-state index in [2.05, 4.69) is 5.32 Å². The molecule has 1 saturated heterocycles. The Morgan fingerprint density at radius 3 is 3.00 bits per heavy atom. The maximum absolute atomic E-state index is 7.37. The lowest BCUT2D eigenvalue weighted by Crippen LogP contribution is -2.07. The molecule has 0 bridgehead atoms. The van der Waals surface area contributed by atoms with Gasteiger partial charge in [0.1, 0.15) is 0 Å². The van der Waals surface area contributed by atoms with Crippen LogP contribution in [0.2, 0.25) is 0 Å². The smallest absolute Gasteiger partial charge is 0.0892 e. The van der Waals surface area contributed by atoms with Crippen LogP contribution in [0, 0.1) is 5.41 Å². The Balaban J connectivity index is 2.46. The van der Waals surface area contributed by atoms with E-state index in [1.807, 2.05) is 6.92 Å². The fraction of sp³-hybridized carbons (Fsp3) is 0.571. The standard InChI is InChI=1S/C7H12N2O/c1-2-10-5-6-3-9-4-7(6)8/h5,8-9H,2-4H2,1H3. The minimum Gasteiger partial charge on any atom is -0.501 e. The molecule has 1 aliphatic heterocycles. The van der Waals surface area contributed by atoms with E-state index in [-0.39, 0.29) is 0 Å². The third kappa shape index (κ3) is 1.57. The van der Waals surface area contributed by atoms with E-state index >= 15 is 0 Å². The van der Waals surface area contributed by atoms with Crippen LogP contribution in [0.3, 0.4) is 0 Å². The van der Waals surface area contributed by atoms with E-state index in [0.29, 0.717) is 18.9 Å². The summed E-state index contributed by atoms with van der Waals surface area (Å²) in [5.74, 6) is 0. The average molecular weight is 140 g/mol. The summed E-state index contributed by atoms with van der Waals surface area (Å²) in [6.07, 6.45) is 1.67. The van der Waals surface area contributed by atoms with Gasteiger partial charge in [-0.3, -0.25) is 0 Å². The van der Waals surface area contributed by atoms with Crippen LogP contribution in [0.25, 0.3) is 0 Å². The molecule has 1 rings (SSSR count). The molecule has 0 amide bonds. The van der Waals surface area contributed by atoms with Crippen LogP contribution in [0.15, 0.2) is 11.8 Å². The molecule has 0 aromatic carbocycles. The van der Waals surface area contributed by atoms with Gasteiger partial charge in [-0.1, -0.05) is 0 Å². The van der Waals surface area contributed by atoms with Crippen molar-refractivity contribution in [2.75, 3.05) is 19.7 Å². The van der Waals surface area contributed by atoms with Gasteiger partial charge in [0.15, 0.2) is 0 Å². The van der Waals surface area contributed by atoms with Gasteiger partial charge >= 0.3 is 0 Å². The molecule has 2 N–H and O–H groups in total. The van der Waals surface area contributed by atoms with Crippen molar-refractivity contribution in [3.63, 3.8) is 0 Å². The monoisotopic (exact) mass is 140 g/mol. The molecule has 10 heavy (non-hydrogen) atoms. The van der Waals surface area contributed by atoms with Crippen LogP contribution in [-0.2, 0) is 4.74 Å². The zero-order valence-corrected chi connectivity index (χ0v) is 6.11. The zero-order chi connectivity index (χ0) is 7.40. The van der Waals surface area contributed by atoms with Gasteiger partial charge in [0.2, 0.25) is 0 Å². The molecule has 1 fully saturated rings. The van der Waals surface area contributed by atoms with Crippen LogP contribution in [0.1, 0.15) is 6.92 Å². The Morgan fingerprint density at radius 1 is 1.70 bits per heavy atom. The second-order valence-electron chi connectivity index (χ2n) is 2.18. The molecular formula is C7H12N2O. The number of hydrogen-bond donors (Lipinski definition) is 2. The lowest BCUT2D eigenvalue weighted by atomic mass is 10.2. The largest absolute Gasteiger partial charge is 0.501 e. The SMILES string of the molecule is CCOC=C1CNCC1=N. The van der Waals surface area contributed by atoms with Crippen molar-refractivity contribution in [1.82, 2.24) is 5.32 Å². The summed E-state index contributed by atoms with van der Waals surface area (Å²) in [5.41, 5.74) is 1.62. The van der Waals surface area contributed by atoms with Crippen LogP contribution in [-0.4, -0.2) is 25.4 Å². The molecule has 0 atom stereocenters. The molecule has 3 nitrogen and oxygen atoms in total. The fourth-order valence-corrected chi connectivity index (χ4v) is 0.839. The minimum absolute atomic E-state index is 0.647. The molecule has 56 valence electrons. The van der Waals surface area contributed by atoms with E-state index in [9.17, 15) is 0 Å². The minimum atomic E-state index is 0.647. The van der Waals surface area contributed by atoms with Crippen molar-refractivity contribution in [2.45, 2.75) is 6.92 Å². The topological polar surface area (TPSA) is 45.1 Å². The van der Waals surface area contributed by atoms with E-state index in [1.54, 1.807) is 6.26 Å². The molecular weight excluding hydrogens is 128 g/mol. The molecule has 0 radical (unpaired) electrons. The third-order valence-electron chi connectivity index (χ3n) is 1.40. The van der Waals surface area contributed by atoms with E-state index in [0.717, 1.165) is 12.1 Å². The van der Waals surface area contributed by atoms with Gasteiger partial charge in [-0.25, -0.2) is 0 Å². The zero-order valence-electron chi connectivity index (χ0n) is 6.11. The highest BCUT2D eigenvalue weighted by atomic mass is 16.5. The summed E-state index contributed by atoms with van der Waals surface area (Å²) in [7, 11) is 0. The summed E-state index contributed by atoms with van der Waals surface area (Å²) in [6.45, 7) is 4.07. The summed E-state index contributed by atoms with van der Waals surface area (Å²) >= 11 is 0. The fourth-order valence-electron chi connectivity index (χ4n) is 0.839. The molecule has 0 spiro atoms. The molecule has 0 aromatic rings. The van der Waals surface area contributed by atoms with E-state index in [4.69, 9.17) is 10.1 Å². The van der Waals surface area contributed by atoms with Crippen LogP contribution >= 0.6 is 0 Å². The Morgan fingerprint density at radius 2 is 2.50 bits per heavy atom. The van der Waals surface area contributed by atoms with Crippen molar-refractivity contribution in [3.8, 4) is 0 Å². The van der Waals surface area contributed by atoms with Gasteiger partial charge < -0.3 is 15.5 Å². The molecule has 3 heteroatoms. The summed E-state index contributed by atoms with van der Waals surface area (Å²) in [6, 6.07) is 0. The first-order chi connectivity index (χ1) is 4.84. The lowest BCUT2D eigenvalue weighted by Gasteiger charge is -1.96. The van der Waals surface area contributed by atoms with Gasteiger partial charge in [-0.15, -0.1) is 0 Å². The van der Waals surface area contributed by atoms with Crippen molar-refractivity contribution in [3.05, 3.63) is 11.8 Å². The maximum Gasteiger partial charge on any atom is 0.0892 e. The predicted octanol–water partition coefficient (Wildman–Crippen LogP) is 0.530. The molecule has 0 unspecified atom stereocenters.